The van der Waals surface area contributed by atoms with Crippen LogP contribution in [0.5, 0.6) is 11.5 Å². The van der Waals surface area contributed by atoms with E-state index in [9.17, 15) is 9.59 Å². The van der Waals surface area contributed by atoms with E-state index in [1.807, 2.05) is 25.1 Å². The number of ketones is 2. The molecule has 5 rings (SSSR count). The molecule has 2 aliphatic carbocycles. The van der Waals surface area contributed by atoms with Crippen molar-refractivity contribution >= 4 is 57.4 Å². The second kappa shape index (κ2) is 13.0. The lowest BCUT2D eigenvalue weighted by atomic mass is 9.63. The zero-order chi connectivity index (χ0) is 32.0. The highest BCUT2D eigenvalue weighted by Gasteiger charge is 2.49. The lowest BCUT2D eigenvalue weighted by molar-refractivity contribution is -0.119. The molecule has 9 heteroatoms. The number of halogens is 3. The van der Waals surface area contributed by atoms with Crippen LogP contribution in [0.3, 0.4) is 0 Å². The molecule has 0 saturated heterocycles. The van der Waals surface area contributed by atoms with Gasteiger partial charge in [0.25, 0.3) is 0 Å². The molecule has 2 aromatic carbocycles. The van der Waals surface area contributed by atoms with E-state index in [4.69, 9.17) is 37.4 Å². The molecule has 6 nitrogen and oxygen atoms in total. The molecular formula is C35H40Cl2INO5. The van der Waals surface area contributed by atoms with Crippen molar-refractivity contribution in [3.8, 4) is 11.5 Å². The highest BCUT2D eigenvalue weighted by Crippen LogP contribution is 2.55. The first-order valence-corrected chi connectivity index (χ1v) is 16.9. The first-order chi connectivity index (χ1) is 20.7. The summed E-state index contributed by atoms with van der Waals surface area (Å²) in [7, 11) is 1.69. The summed E-state index contributed by atoms with van der Waals surface area (Å²) in [5.74, 6) is 0.878. The van der Waals surface area contributed by atoms with Gasteiger partial charge in [0.2, 0.25) is 0 Å². The smallest absolute Gasteiger partial charge is 0.174 e. The summed E-state index contributed by atoms with van der Waals surface area (Å²) in [4.78, 5) is 30.4. The molecule has 1 heterocycles. The number of nitrogens with zero attached hydrogens (tertiary/aromatic N) is 1. The Balaban J connectivity index is 1.66. The number of Topliss-reactive ketones (excluding diaryl/α,β-unsaturated/α-hetero) is 2. The summed E-state index contributed by atoms with van der Waals surface area (Å²) in [6, 6.07) is 9.31. The van der Waals surface area contributed by atoms with Crippen LogP contribution in [-0.2, 0) is 20.9 Å². The Hall–Kier alpha value is -2.07. The number of methoxy groups -OCH3 is 1. The lowest BCUT2D eigenvalue weighted by Gasteiger charge is -2.49. The Morgan fingerprint density at radius 2 is 1.52 bits per heavy atom. The average molecular weight is 753 g/mol. The van der Waals surface area contributed by atoms with Gasteiger partial charge in [0.15, 0.2) is 23.1 Å². The van der Waals surface area contributed by atoms with Crippen LogP contribution in [0, 0.1) is 14.4 Å². The maximum atomic E-state index is 14.1. The minimum atomic E-state index is -0.474. The van der Waals surface area contributed by atoms with Gasteiger partial charge in [-0.15, -0.1) is 0 Å². The Labute approximate surface area is 284 Å². The van der Waals surface area contributed by atoms with Crippen molar-refractivity contribution in [1.29, 1.82) is 0 Å². The fourth-order valence-electron chi connectivity index (χ4n) is 6.78. The molecule has 0 bridgehead atoms. The molecule has 0 atom stereocenters. The van der Waals surface area contributed by atoms with Gasteiger partial charge in [0.1, 0.15) is 6.61 Å². The van der Waals surface area contributed by atoms with Crippen molar-refractivity contribution in [3.05, 3.63) is 77.6 Å². The van der Waals surface area contributed by atoms with Crippen LogP contribution in [0.15, 0.2) is 52.9 Å². The van der Waals surface area contributed by atoms with Crippen LogP contribution in [0.25, 0.3) is 0 Å². The van der Waals surface area contributed by atoms with Gasteiger partial charge in [-0.1, -0.05) is 57.0 Å². The largest absolute Gasteiger partial charge is 0.490 e. The van der Waals surface area contributed by atoms with Crippen LogP contribution in [-0.4, -0.2) is 43.3 Å². The van der Waals surface area contributed by atoms with E-state index in [-0.39, 0.29) is 29.0 Å². The topological polar surface area (TPSA) is 65.1 Å². The van der Waals surface area contributed by atoms with E-state index < -0.39 is 5.92 Å². The Morgan fingerprint density at radius 1 is 0.909 bits per heavy atom. The molecule has 0 unspecified atom stereocenters. The first-order valence-electron chi connectivity index (χ1n) is 15.1. The number of allylic oxidation sites excluding steroid dienone is 4. The van der Waals surface area contributed by atoms with Crippen molar-refractivity contribution in [2.45, 2.75) is 72.8 Å². The van der Waals surface area contributed by atoms with Gasteiger partial charge >= 0.3 is 0 Å². The number of rotatable bonds is 9. The minimum Gasteiger partial charge on any atom is -0.490 e. The minimum absolute atomic E-state index is 0.0959. The molecular weight excluding hydrogens is 712 g/mol. The van der Waals surface area contributed by atoms with E-state index in [0.29, 0.717) is 54.1 Å². The molecule has 0 radical (unpaired) electrons. The molecule has 0 spiro atoms. The van der Waals surface area contributed by atoms with Crippen molar-refractivity contribution in [2.24, 2.45) is 10.8 Å². The van der Waals surface area contributed by atoms with Crippen LogP contribution in [0.4, 0.5) is 0 Å². The van der Waals surface area contributed by atoms with Crippen molar-refractivity contribution < 1.29 is 23.8 Å². The summed E-state index contributed by atoms with van der Waals surface area (Å²) in [6.45, 7) is 12.3. The van der Waals surface area contributed by atoms with Gasteiger partial charge in [-0.25, -0.2) is 0 Å². The second-order valence-corrected chi connectivity index (χ2v) is 15.5. The number of hydrogen-bond acceptors (Lipinski definition) is 6. The van der Waals surface area contributed by atoms with Gasteiger partial charge in [-0.05, 0) is 83.0 Å². The third-order valence-corrected chi connectivity index (χ3v) is 9.98. The van der Waals surface area contributed by atoms with Gasteiger partial charge in [-0.2, -0.15) is 0 Å². The Bertz CT molecular complexity index is 1510. The predicted molar refractivity (Wildman–Crippen MR) is 183 cm³/mol. The van der Waals surface area contributed by atoms with Crippen LogP contribution in [0.1, 0.15) is 77.3 Å². The summed E-state index contributed by atoms with van der Waals surface area (Å²) in [6.07, 6.45) is 2.36. The summed E-state index contributed by atoms with van der Waals surface area (Å²) in [5, 5.41) is 1.09. The third-order valence-electron chi connectivity index (χ3n) is 8.59. The Morgan fingerprint density at radius 3 is 2.07 bits per heavy atom. The van der Waals surface area contributed by atoms with Gasteiger partial charge < -0.3 is 19.1 Å². The Kier molecular flexibility index (Phi) is 9.82. The predicted octanol–water partition coefficient (Wildman–Crippen LogP) is 8.91. The number of carbonyl (C=O) groups is 2. The highest BCUT2D eigenvalue weighted by molar-refractivity contribution is 14.1. The summed E-state index contributed by atoms with van der Waals surface area (Å²) < 4.78 is 18.8. The molecule has 1 aliphatic heterocycles. The van der Waals surface area contributed by atoms with E-state index in [2.05, 4.69) is 55.2 Å². The quantitative estimate of drug-likeness (QED) is 0.239. The van der Waals surface area contributed by atoms with E-state index in [1.165, 1.54) is 0 Å². The highest BCUT2D eigenvalue weighted by atomic mass is 127. The first kappa shape index (κ1) is 33.3. The van der Waals surface area contributed by atoms with Crippen LogP contribution < -0.4 is 9.47 Å². The molecule has 0 fully saturated rings. The monoisotopic (exact) mass is 751 g/mol. The fraction of sp³-hybridized carbons (Fsp3) is 0.486. The van der Waals surface area contributed by atoms with Crippen molar-refractivity contribution in [3.63, 3.8) is 0 Å². The maximum Gasteiger partial charge on any atom is 0.174 e. The van der Waals surface area contributed by atoms with E-state index in [1.54, 1.807) is 19.2 Å². The number of benzene rings is 2. The van der Waals surface area contributed by atoms with Crippen molar-refractivity contribution in [2.75, 3.05) is 26.9 Å². The molecule has 0 N–H and O–H groups in total. The average Bonchev–Trinajstić information content (AvgIpc) is 2.91. The second-order valence-electron chi connectivity index (χ2n) is 13.5. The zero-order valence-electron chi connectivity index (χ0n) is 26.2. The van der Waals surface area contributed by atoms with Crippen LogP contribution >= 0.6 is 45.8 Å². The lowest BCUT2D eigenvalue weighted by Crippen LogP contribution is -2.45. The fourth-order valence-corrected chi connectivity index (χ4v) is 8.02. The molecule has 3 aliphatic rings. The molecule has 2 aromatic rings. The zero-order valence-corrected chi connectivity index (χ0v) is 29.9. The number of hydrogen-bond donors (Lipinski definition) is 0. The molecule has 0 aromatic heterocycles. The third kappa shape index (κ3) is 6.72. The number of carbonyl (C=O) groups excluding carboxylic acids is 2. The summed E-state index contributed by atoms with van der Waals surface area (Å²) >= 11 is 14.8. The van der Waals surface area contributed by atoms with E-state index in [0.717, 1.165) is 50.1 Å². The molecule has 0 saturated carbocycles. The van der Waals surface area contributed by atoms with Gasteiger partial charge in [0.05, 0.1) is 16.8 Å². The van der Waals surface area contributed by atoms with Crippen LogP contribution in [0.2, 0.25) is 10.0 Å². The molecule has 44 heavy (non-hydrogen) atoms. The van der Waals surface area contributed by atoms with Gasteiger partial charge in [0, 0.05) is 70.6 Å². The van der Waals surface area contributed by atoms with Crippen molar-refractivity contribution in [1.82, 2.24) is 4.90 Å². The maximum absolute atomic E-state index is 14.1. The van der Waals surface area contributed by atoms with E-state index >= 15 is 0 Å². The normalized spacial score (nSPS) is 19.7. The standard InChI is InChI=1S/C35H40Cl2INO5/c1-7-43-29-13-21(12-24(38)33(29)44-19-20-8-9-22(36)14-23(20)37)30-31-25(15-34(2,3)17-27(31)40)39(10-11-42-6)26-16-35(4,5)18-28(41)32(26)30/h8-9,12-14,30H,7,10-11,15-19H2,1-6H3. The molecule has 0 amide bonds. The molecule has 236 valence electrons. The number of ether oxygens (including phenoxy) is 3. The summed E-state index contributed by atoms with van der Waals surface area (Å²) in [5.41, 5.74) is 4.78. The SMILES string of the molecule is CCOc1cc(C2C3=C(CC(C)(C)CC3=O)N(CCOC)C3=C2C(=O)CC(C)(C)C3)cc(I)c1OCc1ccc(Cl)cc1Cl. The van der Waals surface area contributed by atoms with Gasteiger partial charge in [-0.3, -0.25) is 9.59 Å².